The zero-order valence-electron chi connectivity index (χ0n) is 10.1. The standard InChI is InChI=1S/C13H15ClN2OS/c1-15-8-10-7-12(14)13(16-9-10)17-5-4-11-3-2-6-18-11/h2-3,6-7,9,15H,4-5,8H2,1H3. The van der Waals surface area contributed by atoms with E-state index < -0.39 is 0 Å². The van der Waals surface area contributed by atoms with Crippen molar-refractivity contribution in [1.82, 2.24) is 10.3 Å². The van der Waals surface area contributed by atoms with Crippen molar-refractivity contribution in [1.29, 1.82) is 0 Å². The number of nitrogens with zero attached hydrogens (tertiary/aromatic N) is 1. The van der Waals surface area contributed by atoms with Crippen molar-refractivity contribution in [3.05, 3.63) is 45.2 Å². The third kappa shape index (κ3) is 3.70. The Morgan fingerprint density at radius 1 is 1.50 bits per heavy atom. The van der Waals surface area contributed by atoms with Crippen molar-refractivity contribution in [2.45, 2.75) is 13.0 Å². The van der Waals surface area contributed by atoms with E-state index in [0.717, 1.165) is 18.5 Å². The number of halogens is 1. The fourth-order valence-corrected chi connectivity index (χ4v) is 2.51. The maximum absolute atomic E-state index is 6.11. The van der Waals surface area contributed by atoms with Crippen LogP contribution in [0.25, 0.3) is 0 Å². The van der Waals surface area contributed by atoms with Crippen LogP contribution in [-0.2, 0) is 13.0 Å². The van der Waals surface area contributed by atoms with Gasteiger partial charge in [0.05, 0.1) is 6.61 Å². The molecule has 0 saturated heterocycles. The summed E-state index contributed by atoms with van der Waals surface area (Å²) in [6, 6.07) is 6.02. The SMILES string of the molecule is CNCc1cnc(OCCc2cccs2)c(Cl)c1. The van der Waals surface area contributed by atoms with Gasteiger partial charge in [0.15, 0.2) is 0 Å². The molecule has 2 aromatic rings. The minimum Gasteiger partial charge on any atom is -0.476 e. The van der Waals surface area contributed by atoms with E-state index >= 15 is 0 Å². The quantitative estimate of drug-likeness (QED) is 0.884. The number of rotatable bonds is 6. The number of nitrogens with one attached hydrogen (secondary N) is 1. The summed E-state index contributed by atoms with van der Waals surface area (Å²) in [5.74, 6) is 0.507. The van der Waals surface area contributed by atoms with Crippen molar-refractivity contribution in [3.8, 4) is 5.88 Å². The second-order valence-electron chi connectivity index (χ2n) is 3.84. The molecular formula is C13H15ClN2OS. The van der Waals surface area contributed by atoms with Gasteiger partial charge in [-0.15, -0.1) is 11.3 Å². The van der Waals surface area contributed by atoms with E-state index in [2.05, 4.69) is 21.7 Å². The largest absolute Gasteiger partial charge is 0.476 e. The predicted molar refractivity (Wildman–Crippen MR) is 75.5 cm³/mol. The van der Waals surface area contributed by atoms with E-state index in [-0.39, 0.29) is 0 Å². The van der Waals surface area contributed by atoms with Crippen LogP contribution in [0.1, 0.15) is 10.4 Å². The number of hydrogen-bond acceptors (Lipinski definition) is 4. The molecule has 0 aliphatic heterocycles. The molecule has 0 atom stereocenters. The van der Waals surface area contributed by atoms with E-state index in [1.54, 1.807) is 17.5 Å². The maximum Gasteiger partial charge on any atom is 0.232 e. The van der Waals surface area contributed by atoms with Crippen LogP contribution in [-0.4, -0.2) is 18.6 Å². The average molecular weight is 283 g/mol. The Labute approximate surface area is 116 Å². The lowest BCUT2D eigenvalue weighted by Gasteiger charge is -2.07. The molecule has 0 fully saturated rings. The molecule has 18 heavy (non-hydrogen) atoms. The van der Waals surface area contributed by atoms with Gasteiger partial charge in [0, 0.05) is 24.0 Å². The lowest BCUT2D eigenvalue weighted by atomic mass is 10.3. The molecule has 1 N–H and O–H groups in total. The van der Waals surface area contributed by atoms with Crippen LogP contribution in [0.5, 0.6) is 5.88 Å². The fourth-order valence-electron chi connectivity index (χ4n) is 1.58. The van der Waals surface area contributed by atoms with E-state index in [1.807, 2.05) is 19.2 Å². The first kappa shape index (κ1) is 13.3. The van der Waals surface area contributed by atoms with Gasteiger partial charge in [-0.1, -0.05) is 17.7 Å². The van der Waals surface area contributed by atoms with Gasteiger partial charge in [-0.25, -0.2) is 4.98 Å². The van der Waals surface area contributed by atoms with Crippen LogP contribution in [0.4, 0.5) is 0 Å². The Kier molecular flexibility index (Phi) is 4.99. The minimum atomic E-state index is 0.507. The van der Waals surface area contributed by atoms with E-state index in [1.165, 1.54) is 4.88 Å². The summed E-state index contributed by atoms with van der Waals surface area (Å²) in [4.78, 5) is 5.53. The first-order chi connectivity index (χ1) is 8.79. The number of thiophene rings is 1. The highest BCUT2D eigenvalue weighted by Gasteiger charge is 2.05. The fraction of sp³-hybridized carbons (Fsp3) is 0.308. The zero-order chi connectivity index (χ0) is 12.8. The van der Waals surface area contributed by atoms with Crippen molar-refractivity contribution >= 4 is 22.9 Å². The highest BCUT2D eigenvalue weighted by molar-refractivity contribution is 7.09. The van der Waals surface area contributed by atoms with Gasteiger partial charge in [-0.2, -0.15) is 0 Å². The minimum absolute atomic E-state index is 0.507. The normalized spacial score (nSPS) is 10.6. The Balaban J connectivity index is 1.89. The second kappa shape index (κ2) is 6.73. The van der Waals surface area contributed by atoms with Crippen molar-refractivity contribution < 1.29 is 4.74 Å². The van der Waals surface area contributed by atoms with Crippen molar-refractivity contribution in [3.63, 3.8) is 0 Å². The maximum atomic E-state index is 6.11. The van der Waals surface area contributed by atoms with Crippen molar-refractivity contribution in [2.75, 3.05) is 13.7 Å². The molecule has 0 aliphatic carbocycles. The molecule has 0 aromatic carbocycles. The lowest BCUT2D eigenvalue weighted by molar-refractivity contribution is 0.310. The summed E-state index contributed by atoms with van der Waals surface area (Å²) in [6.45, 7) is 1.35. The molecule has 0 radical (unpaired) electrons. The predicted octanol–water partition coefficient (Wildman–Crippen LogP) is 3.14. The van der Waals surface area contributed by atoms with Crippen LogP contribution in [0.2, 0.25) is 5.02 Å². The third-order valence-electron chi connectivity index (χ3n) is 2.41. The molecule has 96 valence electrons. The van der Waals surface area contributed by atoms with Gasteiger partial charge >= 0.3 is 0 Å². The number of hydrogen-bond donors (Lipinski definition) is 1. The van der Waals surface area contributed by atoms with Crippen LogP contribution in [0.15, 0.2) is 29.8 Å². The van der Waals surface area contributed by atoms with E-state index in [9.17, 15) is 0 Å². The molecule has 0 unspecified atom stereocenters. The Morgan fingerprint density at radius 3 is 3.06 bits per heavy atom. The van der Waals surface area contributed by atoms with Gasteiger partial charge in [-0.3, -0.25) is 0 Å². The molecule has 5 heteroatoms. The van der Waals surface area contributed by atoms with Gasteiger partial charge in [-0.05, 0) is 30.1 Å². The summed E-state index contributed by atoms with van der Waals surface area (Å²) < 4.78 is 5.59. The molecule has 0 saturated carbocycles. The van der Waals surface area contributed by atoms with Crippen LogP contribution < -0.4 is 10.1 Å². The molecule has 0 bridgehead atoms. The molecule has 3 nitrogen and oxygen atoms in total. The Morgan fingerprint density at radius 2 is 2.39 bits per heavy atom. The smallest absolute Gasteiger partial charge is 0.232 e. The second-order valence-corrected chi connectivity index (χ2v) is 5.28. The van der Waals surface area contributed by atoms with Crippen molar-refractivity contribution in [2.24, 2.45) is 0 Å². The highest BCUT2D eigenvalue weighted by atomic mass is 35.5. The number of aromatic nitrogens is 1. The number of pyridine rings is 1. The van der Waals surface area contributed by atoms with Gasteiger partial charge in [0.2, 0.25) is 5.88 Å². The van der Waals surface area contributed by atoms with E-state index in [0.29, 0.717) is 17.5 Å². The first-order valence-corrected chi connectivity index (χ1v) is 6.99. The monoisotopic (exact) mass is 282 g/mol. The van der Waals surface area contributed by atoms with E-state index in [4.69, 9.17) is 16.3 Å². The Hall–Kier alpha value is -1.10. The summed E-state index contributed by atoms with van der Waals surface area (Å²) in [5, 5.41) is 5.68. The summed E-state index contributed by atoms with van der Waals surface area (Å²) in [6.07, 6.45) is 2.66. The molecule has 0 spiro atoms. The molecule has 2 rings (SSSR count). The van der Waals surface area contributed by atoms with Gasteiger partial charge in [0.25, 0.3) is 0 Å². The average Bonchev–Trinajstić information content (AvgIpc) is 2.85. The summed E-state index contributed by atoms with van der Waals surface area (Å²) >= 11 is 7.84. The van der Waals surface area contributed by atoms with Crippen LogP contribution in [0, 0.1) is 0 Å². The zero-order valence-corrected chi connectivity index (χ0v) is 11.7. The van der Waals surface area contributed by atoms with Crippen LogP contribution in [0.3, 0.4) is 0 Å². The van der Waals surface area contributed by atoms with Crippen LogP contribution >= 0.6 is 22.9 Å². The summed E-state index contributed by atoms with van der Waals surface area (Å²) in [7, 11) is 1.89. The van der Waals surface area contributed by atoms with Gasteiger partial charge < -0.3 is 10.1 Å². The topological polar surface area (TPSA) is 34.2 Å². The number of ether oxygens (including phenoxy) is 1. The first-order valence-electron chi connectivity index (χ1n) is 5.74. The molecular weight excluding hydrogens is 268 g/mol. The molecule has 2 heterocycles. The Bertz CT molecular complexity index is 488. The molecule has 0 aliphatic rings. The molecule has 2 aromatic heterocycles. The highest BCUT2D eigenvalue weighted by Crippen LogP contribution is 2.22. The summed E-state index contributed by atoms with van der Waals surface area (Å²) in [5.41, 5.74) is 1.05. The third-order valence-corrected chi connectivity index (χ3v) is 3.62. The molecule has 0 amide bonds. The lowest BCUT2D eigenvalue weighted by Crippen LogP contribution is -2.07. The van der Waals surface area contributed by atoms with Gasteiger partial charge in [0.1, 0.15) is 5.02 Å².